The lowest BCUT2D eigenvalue weighted by atomic mass is 10.1. The molecule has 0 radical (unpaired) electrons. The molecule has 0 bridgehead atoms. The number of carbonyl (C=O) groups is 1. The van der Waals surface area contributed by atoms with Gasteiger partial charge in [-0.1, -0.05) is 54.6 Å². The van der Waals surface area contributed by atoms with Gasteiger partial charge in [-0.15, -0.1) is 5.00 Å². The molecule has 0 aliphatic rings. The molecule has 0 saturated heterocycles. The molecule has 0 spiro atoms. The van der Waals surface area contributed by atoms with Crippen molar-refractivity contribution in [3.05, 3.63) is 71.3 Å². The minimum Gasteiger partial charge on any atom is -0.445 e. The van der Waals surface area contributed by atoms with Crippen LogP contribution >= 0.6 is 11.8 Å². The Hall–Kier alpha value is -2.08. The van der Waals surface area contributed by atoms with E-state index in [9.17, 15) is 4.79 Å². The number of hydrogen-bond acceptors (Lipinski definition) is 4. The first-order chi connectivity index (χ1) is 11.3. The zero-order chi connectivity index (χ0) is 16.3. The van der Waals surface area contributed by atoms with Crippen LogP contribution in [0.2, 0.25) is 0 Å². The zero-order valence-electron chi connectivity index (χ0n) is 12.6. The van der Waals surface area contributed by atoms with Gasteiger partial charge in [0.2, 0.25) is 0 Å². The molecule has 0 aliphatic heterocycles. The topological polar surface area (TPSA) is 59.6 Å². The Bertz CT molecular complexity index is 591. The highest BCUT2D eigenvalue weighted by atomic mass is 35.5. The SMILES string of the molecule is O=C(NCc1ccc(CCONCl)cc1)OCc1ccccc1. The van der Waals surface area contributed by atoms with Gasteiger partial charge in [0.25, 0.3) is 0 Å². The van der Waals surface area contributed by atoms with E-state index in [-0.39, 0.29) is 6.61 Å². The minimum absolute atomic E-state index is 0.264. The predicted molar refractivity (Wildman–Crippen MR) is 88.6 cm³/mol. The standard InChI is InChI=1S/C17H19ClN2O3/c18-20-23-11-10-14-6-8-15(9-7-14)12-19-17(21)22-13-16-4-2-1-3-5-16/h1-9,20H,10-13H2,(H,19,21). The van der Waals surface area contributed by atoms with Crippen LogP contribution in [0.4, 0.5) is 4.79 Å². The second-order valence-corrected chi connectivity index (χ2v) is 5.06. The molecular weight excluding hydrogens is 316 g/mol. The summed E-state index contributed by atoms with van der Waals surface area (Å²) < 4.78 is 5.15. The average Bonchev–Trinajstić information content (AvgIpc) is 2.60. The van der Waals surface area contributed by atoms with Crippen molar-refractivity contribution in [1.82, 2.24) is 10.3 Å². The number of rotatable bonds is 8. The first-order valence-corrected chi connectivity index (χ1v) is 7.65. The second-order valence-electron chi connectivity index (χ2n) is 4.91. The fourth-order valence-electron chi connectivity index (χ4n) is 1.98. The molecule has 2 aromatic carbocycles. The van der Waals surface area contributed by atoms with Crippen LogP contribution in [-0.2, 0) is 29.1 Å². The lowest BCUT2D eigenvalue weighted by Gasteiger charge is -2.08. The summed E-state index contributed by atoms with van der Waals surface area (Å²) in [4.78, 5) is 18.6. The van der Waals surface area contributed by atoms with E-state index >= 15 is 0 Å². The van der Waals surface area contributed by atoms with Crippen molar-refractivity contribution in [1.29, 1.82) is 0 Å². The van der Waals surface area contributed by atoms with Crippen molar-refractivity contribution in [3.8, 4) is 0 Å². The smallest absolute Gasteiger partial charge is 0.407 e. The van der Waals surface area contributed by atoms with Crippen LogP contribution in [0, 0.1) is 0 Å². The van der Waals surface area contributed by atoms with Crippen molar-refractivity contribution < 1.29 is 14.4 Å². The van der Waals surface area contributed by atoms with Crippen LogP contribution in [0.5, 0.6) is 0 Å². The van der Waals surface area contributed by atoms with E-state index in [0.29, 0.717) is 13.2 Å². The van der Waals surface area contributed by atoms with Crippen LogP contribution in [0.25, 0.3) is 0 Å². The lowest BCUT2D eigenvalue weighted by molar-refractivity contribution is 0.0984. The van der Waals surface area contributed by atoms with Crippen LogP contribution < -0.4 is 10.3 Å². The molecule has 0 atom stereocenters. The van der Waals surface area contributed by atoms with Crippen molar-refractivity contribution in [3.63, 3.8) is 0 Å². The zero-order valence-corrected chi connectivity index (χ0v) is 13.4. The highest BCUT2D eigenvalue weighted by molar-refractivity contribution is 6.12. The molecule has 0 fully saturated rings. The largest absolute Gasteiger partial charge is 0.445 e. The maximum absolute atomic E-state index is 11.7. The fraction of sp³-hybridized carbons (Fsp3) is 0.235. The van der Waals surface area contributed by atoms with Crippen LogP contribution in [0.3, 0.4) is 0 Å². The molecule has 0 unspecified atom stereocenters. The lowest BCUT2D eigenvalue weighted by Crippen LogP contribution is -2.23. The van der Waals surface area contributed by atoms with E-state index in [4.69, 9.17) is 21.4 Å². The van der Waals surface area contributed by atoms with Gasteiger partial charge in [0.15, 0.2) is 0 Å². The molecule has 6 heteroatoms. The Balaban J connectivity index is 1.69. The van der Waals surface area contributed by atoms with E-state index in [0.717, 1.165) is 23.1 Å². The summed E-state index contributed by atoms with van der Waals surface area (Å²) in [6.45, 7) is 1.18. The van der Waals surface area contributed by atoms with E-state index in [1.54, 1.807) is 0 Å². The van der Waals surface area contributed by atoms with Gasteiger partial charge in [-0.3, -0.25) is 4.84 Å². The number of amides is 1. The third-order valence-corrected chi connectivity index (χ3v) is 3.33. The van der Waals surface area contributed by atoms with E-state index in [2.05, 4.69) is 10.3 Å². The number of halogens is 1. The quantitative estimate of drug-likeness (QED) is 0.441. The van der Waals surface area contributed by atoms with Crippen molar-refractivity contribution >= 4 is 17.9 Å². The summed E-state index contributed by atoms with van der Waals surface area (Å²) in [6.07, 6.45) is 0.325. The Kier molecular flexibility index (Phi) is 7.39. The highest BCUT2D eigenvalue weighted by Gasteiger charge is 2.03. The molecule has 122 valence electrons. The third-order valence-electron chi connectivity index (χ3n) is 3.22. The summed E-state index contributed by atoms with van der Waals surface area (Å²) in [5.41, 5.74) is 3.09. The van der Waals surface area contributed by atoms with Gasteiger partial charge in [0.1, 0.15) is 6.61 Å². The molecule has 1 amide bonds. The molecule has 0 aliphatic carbocycles. The normalized spacial score (nSPS) is 10.3. The molecular formula is C17H19ClN2O3. The van der Waals surface area contributed by atoms with E-state index < -0.39 is 6.09 Å². The molecule has 0 aromatic heterocycles. The molecule has 5 nitrogen and oxygen atoms in total. The van der Waals surface area contributed by atoms with E-state index in [1.807, 2.05) is 54.6 Å². The first-order valence-electron chi connectivity index (χ1n) is 7.27. The fourth-order valence-corrected chi connectivity index (χ4v) is 2.06. The highest BCUT2D eigenvalue weighted by Crippen LogP contribution is 2.06. The number of benzene rings is 2. The van der Waals surface area contributed by atoms with Crippen LogP contribution in [-0.4, -0.2) is 12.7 Å². The minimum atomic E-state index is -0.431. The maximum atomic E-state index is 11.7. The molecule has 0 heterocycles. The van der Waals surface area contributed by atoms with Crippen molar-refractivity contribution in [2.75, 3.05) is 6.61 Å². The van der Waals surface area contributed by atoms with Gasteiger partial charge in [-0.25, -0.2) is 4.79 Å². The number of carbonyl (C=O) groups excluding carboxylic acids is 1. The number of hydrogen-bond donors (Lipinski definition) is 2. The summed E-state index contributed by atoms with van der Waals surface area (Å²) >= 11 is 5.20. The predicted octanol–water partition coefficient (Wildman–Crippen LogP) is 3.33. The van der Waals surface area contributed by atoms with E-state index in [1.165, 1.54) is 0 Å². The third kappa shape index (κ3) is 6.69. The average molecular weight is 335 g/mol. The van der Waals surface area contributed by atoms with Crippen molar-refractivity contribution in [2.45, 2.75) is 19.6 Å². The van der Waals surface area contributed by atoms with Gasteiger partial charge in [-0.05, 0) is 23.1 Å². The summed E-state index contributed by atoms with van der Waals surface area (Å²) in [7, 11) is 0. The molecule has 23 heavy (non-hydrogen) atoms. The summed E-state index contributed by atoms with van der Waals surface area (Å²) in [5.74, 6) is 0. The molecule has 0 saturated carbocycles. The number of ether oxygens (including phenoxy) is 1. The van der Waals surface area contributed by atoms with Gasteiger partial charge >= 0.3 is 6.09 Å². The Labute approximate surface area is 140 Å². The Morgan fingerprint density at radius 1 is 0.957 bits per heavy atom. The van der Waals surface area contributed by atoms with Gasteiger partial charge in [0.05, 0.1) is 6.61 Å². The number of alkyl carbamates (subject to hydrolysis) is 1. The van der Waals surface area contributed by atoms with Gasteiger partial charge in [-0.2, -0.15) is 0 Å². The second kappa shape index (κ2) is 9.84. The Morgan fingerprint density at radius 2 is 1.65 bits per heavy atom. The summed E-state index contributed by atoms with van der Waals surface area (Å²) in [5, 5.41) is 2.73. The first kappa shape index (κ1) is 17.3. The van der Waals surface area contributed by atoms with Crippen molar-refractivity contribution in [2.24, 2.45) is 0 Å². The van der Waals surface area contributed by atoms with Gasteiger partial charge < -0.3 is 10.1 Å². The number of nitrogens with one attached hydrogen (secondary N) is 2. The van der Waals surface area contributed by atoms with Gasteiger partial charge in [0, 0.05) is 18.3 Å². The van der Waals surface area contributed by atoms with Crippen LogP contribution in [0.1, 0.15) is 16.7 Å². The van der Waals surface area contributed by atoms with Crippen LogP contribution in [0.15, 0.2) is 54.6 Å². The monoisotopic (exact) mass is 334 g/mol. The Morgan fingerprint density at radius 3 is 2.35 bits per heavy atom. The molecule has 2 rings (SSSR count). The summed E-state index contributed by atoms with van der Waals surface area (Å²) in [6, 6.07) is 17.5. The molecule has 2 N–H and O–H groups in total. The molecule has 2 aromatic rings. The maximum Gasteiger partial charge on any atom is 0.407 e.